The van der Waals surface area contributed by atoms with Crippen LogP contribution in [0.4, 0.5) is 5.69 Å². The minimum Gasteiger partial charge on any atom is -0.366 e. The molecule has 1 saturated heterocycles. The molecular formula is C15H21N3. The van der Waals surface area contributed by atoms with Crippen LogP contribution in [-0.2, 0) is 0 Å². The van der Waals surface area contributed by atoms with Crippen molar-refractivity contribution in [2.45, 2.75) is 19.4 Å². The van der Waals surface area contributed by atoms with E-state index >= 15 is 0 Å². The number of hydrogen-bond donors (Lipinski definition) is 0. The van der Waals surface area contributed by atoms with E-state index in [4.69, 9.17) is 5.26 Å². The van der Waals surface area contributed by atoms with Gasteiger partial charge in [-0.05, 0) is 25.1 Å². The van der Waals surface area contributed by atoms with Crippen molar-refractivity contribution in [2.75, 3.05) is 31.6 Å². The molecule has 2 unspecified atom stereocenters. The molecule has 1 heterocycles. The second-order valence-corrected chi connectivity index (χ2v) is 5.33. The lowest BCUT2D eigenvalue weighted by molar-refractivity contribution is 0.304. The van der Waals surface area contributed by atoms with Gasteiger partial charge in [0.1, 0.15) is 0 Å². The molecule has 1 fully saturated rings. The molecule has 1 aliphatic heterocycles. The average molecular weight is 243 g/mol. The standard InChI is InChI=1S/C15H21N3/c1-13-10-17(2)12-15(8-9-16)18(11-13)14-6-4-3-5-7-14/h3-7,13,15H,8,10-12H2,1-2H3. The fourth-order valence-electron chi connectivity index (χ4n) is 2.82. The fraction of sp³-hybridized carbons (Fsp3) is 0.533. The molecule has 0 aromatic heterocycles. The SMILES string of the molecule is CC1CN(C)CC(CC#N)N(c2ccccc2)C1. The smallest absolute Gasteiger partial charge is 0.0643 e. The van der Waals surface area contributed by atoms with Gasteiger partial charge in [-0.25, -0.2) is 0 Å². The first-order valence-corrected chi connectivity index (χ1v) is 6.58. The minimum atomic E-state index is 0.298. The van der Waals surface area contributed by atoms with Gasteiger partial charge >= 0.3 is 0 Å². The van der Waals surface area contributed by atoms with Crippen molar-refractivity contribution in [3.05, 3.63) is 30.3 Å². The van der Waals surface area contributed by atoms with E-state index in [9.17, 15) is 0 Å². The largest absolute Gasteiger partial charge is 0.366 e. The summed E-state index contributed by atoms with van der Waals surface area (Å²) in [5, 5.41) is 9.03. The summed E-state index contributed by atoms with van der Waals surface area (Å²) >= 11 is 0. The lowest BCUT2D eigenvalue weighted by Gasteiger charge is -2.32. The molecule has 0 amide bonds. The van der Waals surface area contributed by atoms with Gasteiger partial charge in [-0.1, -0.05) is 25.1 Å². The van der Waals surface area contributed by atoms with Gasteiger partial charge in [-0.2, -0.15) is 5.26 Å². The summed E-state index contributed by atoms with van der Waals surface area (Å²) in [6, 6.07) is 13.1. The highest BCUT2D eigenvalue weighted by Crippen LogP contribution is 2.23. The Kier molecular flexibility index (Phi) is 4.22. The first kappa shape index (κ1) is 12.9. The van der Waals surface area contributed by atoms with Crippen LogP contribution in [0.3, 0.4) is 0 Å². The summed E-state index contributed by atoms with van der Waals surface area (Å²) in [4.78, 5) is 4.74. The Hall–Kier alpha value is -1.53. The summed E-state index contributed by atoms with van der Waals surface area (Å²) in [6.45, 7) is 5.37. The number of para-hydroxylation sites is 1. The Balaban J connectivity index is 2.25. The van der Waals surface area contributed by atoms with Gasteiger partial charge in [-0.15, -0.1) is 0 Å². The molecule has 0 spiro atoms. The monoisotopic (exact) mass is 243 g/mol. The highest BCUT2D eigenvalue weighted by atomic mass is 15.2. The van der Waals surface area contributed by atoms with E-state index in [2.05, 4.69) is 54.1 Å². The second kappa shape index (κ2) is 5.88. The highest BCUT2D eigenvalue weighted by molar-refractivity contribution is 5.47. The first-order chi connectivity index (χ1) is 8.70. The molecule has 3 heteroatoms. The van der Waals surface area contributed by atoms with Crippen LogP contribution in [-0.4, -0.2) is 37.6 Å². The number of hydrogen-bond acceptors (Lipinski definition) is 3. The quantitative estimate of drug-likeness (QED) is 0.799. The normalized spacial score (nSPS) is 25.5. The van der Waals surface area contributed by atoms with Gasteiger partial charge in [0.25, 0.3) is 0 Å². The Morgan fingerprint density at radius 1 is 1.22 bits per heavy atom. The third kappa shape index (κ3) is 3.02. The molecule has 0 aliphatic carbocycles. The van der Waals surface area contributed by atoms with Crippen molar-refractivity contribution in [3.8, 4) is 6.07 Å². The molecule has 0 radical (unpaired) electrons. The Morgan fingerprint density at radius 2 is 1.94 bits per heavy atom. The van der Waals surface area contributed by atoms with Crippen LogP contribution in [0.15, 0.2) is 30.3 Å². The number of benzene rings is 1. The average Bonchev–Trinajstić information content (AvgIpc) is 2.49. The van der Waals surface area contributed by atoms with E-state index in [1.807, 2.05) is 6.07 Å². The predicted octanol–water partition coefficient (Wildman–Crippen LogP) is 2.36. The molecule has 3 nitrogen and oxygen atoms in total. The lowest BCUT2D eigenvalue weighted by atomic mass is 10.1. The van der Waals surface area contributed by atoms with Gasteiger partial charge in [0.15, 0.2) is 0 Å². The van der Waals surface area contributed by atoms with E-state index in [0.717, 1.165) is 19.6 Å². The van der Waals surface area contributed by atoms with E-state index in [0.29, 0.717) is 18.4 Å². The topological polar surface area (TPSA) is 30.3 Å². The predicted molar refractivity (Wildman–Crippen MR) is 74.5 cm³/mol. The van der Waals surface area contributed by atoms with Gasteiger partial charge in [0.05, 0.1) is 18.5 Å². The molecule has 0 bridgehead atoms. The minimum absolute atomic E-state index is 0.298. The molecule has 18 heavy (non-hydrogen) atoms. The number of nitriles is 1. The Labute approximate surface area is 110 Å². The third-order valence-corrected chi connectivity index (χ3v) is 3.51. The van der Waals surface area contributed by atoms with Gasteiger partial charge in [0.2, 0.25) is 0 Å². The first-order valence-electron chi connectivity index (χ1n) is 6.58. The molecule has 0 N–H and O–H groups in total. The van der Waals surface area contributed by atoms with Crippen molar-refractivity contribution >= 4 is 5.69 Å². The molecule has 2 rings (SSSR count). The second-order valence-electron chi connectivity index (χ2n) is 5.33. The molecule has 96 valence electrons. The van der Waals surface area contributed by atoms with Crippen molar-refractivity contribution < 1.29 is 0 Å². The number of likely N-dealkylation sites (N-methyl/N-ethyl adjacent to an activating group) is 1. The van der Waals surface area contributed by atoms with Crippen LogP contribution in [0.2, 0.25) is 0 Å². The highest BCUT2D eigenvalue weighted by Gasteiger charge is 2.26. The summed E-state index contributed by atoms with van der Waals surface area (Å²) in [6.07, 6.45) is 0.589. The van der Waals surface area contributed by atoms with Gasteiger partial charge in [-0.3, -0.25) is 0 Å². The summed E-state index contributed by atoms with van der Waals surface area (Å²) < 4.78 is 0. The molecule has 1 aliphatic rings. The van der Waals surface area contributed by atoms with E-state index in [-0.39, 0.29) is 0 Å². The van der Waals surface area contributed by atoms with Crippen LogP contribution in [0.25, 0.3) is 0 Å². The van der Waals surface area contributed by atoms with E-state index in [1.165, 1.54) is 5.69 Å². The summed E-state index contributed by atoms with van der Waals surface area (Å²) in [7, 11) is 2.15. The van der Waals surface area contributed by atoms with Crippen molar-refractivity contribution in [1.82, 2.24) is 4.90 Å². The molecule has 1 aromatic rings. The van der Waals surface area contributed by atoms with Gasteiger partial charge in [0, 0.05) is 25.3 Å². The Bertz CT molecular complexity index is 409. The Morgan fingerprint density at radius 3 is 2.61 bits per heavy atom. The van der Waals surface area contributed by atoms with Crippen molar-refractivity contribution in [2.24, 2.45) is 5.92 Å². The van der Waals surface area contributed by atoms with E-state index < -0.39 is 0 Å². The fourth-order valence-corrected chi connectivity index (χ4v) is 2.82. The number of anilines is 1. The van der Waals surface area contributed by atoms with Crippen LogP contribution >= 0.6 is 0 Å². The zero-order chi connectivity index (χ0) is 13.0. The van der Waals surface area contributed by atoms with Crippen LogP contribution in [0.5, 0.6) is 0 Å². The summed E-state index contributed by atoms with van der Waals surface area (Å²) in [5.74, 6) is 0.624. The van der Waals surface area contributed by atoms with Crippen molar-refractivity contribution in [3.63, 3.8) is 0 Å². The maximum atomic E-state index is 9.03. The zero-order valence-electron chi connectivity index (χ0n) is 11.2. The molecule has 0 saturated carbocycles. The molecule has 1 aromatic carbocycles. The van der Waals surface area contributed by atoms with Crippen LogP contribution < -0.4 is 4.90 Å². The van der Waals surface area contributed by atoms with E-state index in [1.54, 1.807) is 0 Å². The molecular weight excluding hydrogens is 222 g/mol. The molecule has 2 atom stereocenters. The summed E-state index contributed by atoms with van der Waals surface area (Å²) in [5.41, 5.74) is 1.24. The van der Waals surface area contributed by atoms with Gasteiger partial charge < -0.3 is 9.80 Å². The lowest BCUT2D eigenvalue weighted by Crippen LogP contribution is -2.40. The van der Waals surface area contributed by atoms with Crippen molar-refractivity contribution in [1.29, 1.82) is 5.26 Å². The van der Waals surface area contributed by atoms with Crippen LogP contribution in [0.1, 0.15) is 13.3 Å². The number of rotatable bonds is 2. The maximum Gasteiger partial charge on any atom is 0.0643 e. The zero-order valence-corrected chi connectivity index (χ0v) is 11.2. The third-order valence-electron chi connectivity index (χ3n) is 3.51. The maximum absolute atomic E-state index is 9.03. The van der Waals surface area contributed by atoms with Crippen LogP contribution in [0, 0.1) is 17.2 Å². The number of nitrogens with zero attached hydrogens (tertiary/aromatic N) is 3.